The number of hydrogen-bond donors (Lipinski definition) is 0. The third-order valence-corrected chi connectivity index (χ3v) is 8.75. The monoisotopic (exact) mass is 291 g/mol. The van der Waals surface area contributed by atoms with Gasteiger partial charge in [0.25, 0.3) is 0 Å². The van der Waals surface area contributed by atoms with Gasteiger partial charge in [-0.25, -0.2) is 9.50 Å². The predicted octanol–water partition coefficient (Wildman–Crippen LogP) is 3.78. The van der Waals surface area contributed by atoms with Crippen LogP contribution in [0.3, 0.4) is 0 Å². The van der Waals surface area contributed by atoms with Crippen molar-refractivity contribution in [2.75, 3.05) is 0 Å². The van der Waals surface area contributed by atoms with Crippen LogP contribution in [0.5, 0.6) is 0 Å². The lowest BCUT2D eigenvalue weighted by Gasteiger charge is -2.19. The Labute approximate surface area is 120 Å². The van der Waals surface area contributed by atoms with Gasteiger partial charge < -0.3 is 0 Å². The summed E-state index contributed by atoms with van der Waals surface area (Å²) in [7, 11) is -1.43. The normalized spacial score (nSPS) is 11.4. The minimum atomic E-state index is -1.43. The van der Waals surface area contributed by atoms with Crippen LogP contribution >= 0.6 is 11.6 Å². The maximum atomic E-state index is 5.93. The molecule has 2 aromatic rings. The second-order valence-corrected chi connectivity index (χ2v) is 9.99. The molecule has 0 atom stereocenters. The van der Waals surface area contributed by atoms with Gasteiger partial charge >= 0.3 is 0 Å². The first-order valence-electron chi connectivity index (χ1n) is 6.67. The maximum absolute atomic E-state index is 5.93. The van der Waals surface area contributed by atoms with Gasteiger partial charge in [-0.1, -0.05) is 38.3 Å². The average molecular weight is 292 g/mol. The summed E-state index contributed by atoms with van der Waals surface area (Å²) in [6.45, 7) is 6.75. The Hall–Kier alpha value is -1.31. The molecule has 0 unspecified atom stereocenters. The second-order valence-electron chi connectivity index (χ2n) is 4.67. The highest BCUT2D eigenvalue weighted by Gasteiger charge is 2.24. The second kappa shape index (κ2) is 5.77. The highest BCUT2D eigenvalue weighted by molar-refractivity contribution is 6.87. The van der Waals surface area contributed by atoms with Gasteiger partial charge in [0, 0.05) is 6.20 Å². The molecule has 0 saturated heterocycles. The summed E-state index contributed by atoms with van der Waals surface area (Å²) < 4.78 is 1.71. The Morgan fingerprint density at radius 2 is 1.95 bits per heavy atom. The number of fused-ring (bicyclic) bond motifs is 1. The van der Waals surface area contributed by atoms with Gasteiger partial charge in [0.2, 0.25) is 0 Å². The fourth-order valence-electron chi connectivity index (χ4n) is 2.15. The molecule has 100 valence electrons. The Morgan fingerprint density at radius 3 is 2.58 bits per heavy atom. The van der Waals surface area contributed by atoms with E-state index in [0.29, 0.717) is 5.15 Å². The zero-order valence-electron chi connectivity index (χ0n) is 11.6. The van der Waals surface area contributed by atoms with Gasteiger partial charge in [0.05, 0.1) is 11.8 Å². The molecule has 3 nitrogen and oxygen atoms in total. The van der Waals surface area contributed by atoms with Crippen molar-refractivity contribution >= 4 is 25.3 Å². The molecule has 0 bridgehead atoms. The van der Waals surface area contributed by atoms with Gasteiger partial charge in [-0.3, -0.25) is 0 Å². The van der Waals surface area contributed by atoms with Crippen molar-refractivity contribution in [3.05, 3.63) is 29.2 Å². The fourth-order valence-corrected chi connectivity index (χ4v) is 4.72. The summed E-state index contributed by atoms with van der Waals surface area (Å²) in [5.74, 6) is 3.30. The van der Waals surface area contributed by atoms with E-state index in [2.05, 4.69) is 42.3 Å². The Balaban J connectivity index is 2.44. The number of hydrogen-bond acceptors (Lipinski definition) is 2. The lowest BCUT2D eigenvalue weighted by Crippen LogP contribution is -2.29. The van der Waals surface area contributed by atoms with E-state index in [1.54, 1.807) is 23.0 Å². The maximum Gasteiger partial charge on any atom is 0.172 e. The van der Waals surface area contributed by atoms with Crippen molar-refractivity contribution < 1.29 is 0 Å². The molecule has 0 aromatic carbocycles. The van der Waals surface area contributed by atoms with E-state index >= 15 is 0 Å². The fraction of sp³-hybridized carbons (Fsp3) is 0.429. The molecule has 0 saturated carbocycles. The van der Waals surface area contributed by atoms with Crippen LogP contribution in [-0.4, -0.2) is 22.7 Å². The van der Waals surface area contributed by atoms with Crippen molar-refractivity contribution in [2.45, 2.75) is 38.9 Å². The molecule has 0 amide bonds. The molecule has 0 fully saturated rings. The third kappa shape index (κ3) is 2.83. The zero-order chi connectivity index (χ0) is 13.9. The lowest BCUT2D eigenvalue weighted by atomic mass is 10.3. The summed E-state index contributed by atoms with van der Waals surface area (Å²) >= 11 is 5.93. The van der Waals surface area contributed by atoms with Crippen molar-refractivity contribution in [3.8, 4) is 11.5 Å². The van der Waals surface area contributed by atoms with Crippen molar-refractivity contribution in [1.29, 1.82) is 0 Å². The van der Waals surface area contributed by atoms with E-state index in [4.69, 9.17) is 11.6 Å². The summed E-state index contributed by atoms with van der Waals surface area (Å²) in [6, 6.07) is 5.31. The number of halogens is 1. The van der Waals surface area contributed by atoms with Crippen LogP contribution < -0.4 is 0 Å². The standard InChI is InChI=1S/C14H18ClN3Si/c1-4-19(5-2,6-3)10-8-12-11-16-18-9-7-13(15)17-14(12)18/h7,9,11H,4-6H2,1-3H3. The summed E-state index contributed by atoms with van der Waals surface area (Å²) in [6.07, 6.45) is 3.58. The molecular formula is C14H18ClN3Si. The molecule has 19 heavy (non-hydrogen) atoms. The van der Waals surface area contributed by atoms with Crippen LogP contribution in [0.1, 0.15) is 26.3 Å². The number of aromatic nitrogens is 3. The minimum Gasteiger partial charge on any atom is -0.221 e. The van der Waals surface area contributed by atoms with Crippen molar-refractivity contribution in [2.24, 2.45) is 0 Å². The average Bonchev–Trinajstić information content (AvgIpc) is 2.83. The summed E-state index contributed by atoms with van der Waals surface area (Å²) in [5.41, 5.74) is 5.16. The van der Waals surface area contributed by atoms with Gasteiger partial charge in [-0.2, -0.15) is 5.10 Å². The molecule has 0 aliphatic heterocycles. The van der Waals surface area contributed by atoms with Gasteiger partial charge in [-0.15, -0.1) is 5.54 Å². The van der Waals surface area contributed by atoms with Gasteiger partial charge in [-0.05, 0) is 24.2 Å². The van der Waals surface area contributed by atoms with Crippen LogP contribution in [0.25, 0.3) is 5.65 Å². The predicted molar refractivity (Wildman–Crippen MR) is 82.1 cm³/mol. The molecule has 0 aliphatic carbocycles. The highest BCUT2D eigenvalue weighted by atomic mass is 35.5. The van der Waals surface area contributed by atoms with Crippen molar-refractivity contribution in [1.82, 2.24) is 14.6 Å². The third-order valence-electron chi connectivity index (χ3n) is 3.83. The van der Waals surface area contributed by atoms with Crippen LogP contribution in [0, 0.1) is 11.5 Å². The minimum absolute atomic E-state index is 0.473. The Bertz CT molecular complexity index is 627. The molecule has 0 aliphatic rings. The molecule has 0 spiro atoms. The van der Waals surface area contributed by atoms with Crippen LogP contribution in [-0.2, 0) is 0 Å². The van der Waals surface area contributed by atoms with Gasteiger partial charge in [0.1, 0.15) is 13.2 Å². The molecule has 0 radical (unpaired) electrons. The van der Waals surface area contributed by atoms with Crippen molar-refractivity contribution in [3.63, 3.8) is 0 Å². The van der Waals surface area contributed by atoms with E-state index in [9.17, 15) is 0 Å². The highest BCUT2D eigenvalue weighted by Crippen LogP contribution is 2.19. The zero-order valence-corrected chi connectivity index (χ0v) is 13.3. The first-order valence-corrected chi connectivity index (χ1v) is 9.67. The molecule has 2 heterocycles. The van der Waals surface area contributed by atoms with Crippen LogP contribution in [0.2, 0.25) is 23.3 Å². The van der Waals surface area contributed by atoms with Gasteiger partial charge in [0.15, 0.2) is 5.65 Å². The molecule has 0 N–H and O–H groups in total. The first kappa shape index (κ1) is 14.1. The summed E-state index contributed by atoms with van der Waals surface area (Å²) in [4.78, 5) is 4.29. The summed E-state index contributed by atoms with van der Waals surface area (Å²) in [5, 5.41) is 4.72. The Morgan fingerprint density at radius 1 is 1.26 bits per heavy atom. The Kier molecular flexibility index (Phi) is 4.28. The van der Waals surface area contributed by atoms with E-state index in [1.165, 1.54) is 18.1 Å². The largest absolute Gasteiger partial charge is 0.221 e. The molecule has 5 heteroatoms. The van der Waals surface area contributed by atoms with E-state index in [1.807, 2.05) is 0 Å². The topological polar surface area (TPSA) is 30.2 Å². The molecular weight excluding hydrogens is 274 g/mol. The SMILES string of the molecule is CC[Si](C#Cc1cnn2ccc(Cl)nc12)(CC)CC. The van der Waals surface area contributed by atoms with Crippen LogP contribution in [0.15, 0.2) is 18.5 Å². The van der Waals surface area contributed by atoms with Crippen LogP contribution in [0.4, 0.5) is 0 Å². The first-order chi connectivity index (χ1) is 9.14. The smallest absolute Gasteiger partial charge is 0.172 e. The quantitative estimate of drug-likeness (QED) is 0.489. The number of nitrogens with zero attached hydrogens (tertiary/aromatic N) is 3. The van der Waals surface area contributed by atoms with E-state index in [-0.39, 0.29) is 0 Å². The molecule has 2 aromatic heterocycles. The van der Waals surface area contributed by atoms with E-state index in [0.717, 1.165) is 11.2 Å². The lowest BCUT2D eigenvalue weighted by molar-refractivity contribution is 0.939. The number of rotatable bonds is 3. The van der Waals surface area contributed by atoms with E-state index < -0.39 is 8.07 Å². The molecule has 2 rings (SSSR count).